The highest BCUT2D eigenvalue weighted by Gasteiger charge is 2.43. The van der Waals surface area contributed by atoms with Gasteiger partial charge in [0.1, 0.15) is 11.5 Å². The van der Waals surface area contributed by atoms with Gasteiger partial charge in [-0.05, 0) is 169 Å². The molecule has 3 aliphatic carbocycles. The van der Waals surface area contributed by atoms with Crippen LogP contribution in [-0.4, -0.2) is 106 Å². The second-order valence-corrected chi connectivity index (χ2v) is 20.8. The van der Waals surface area contributed by atoms with E-state index in [2.05, 4.69) is 32.6 Å². The lowest BCUT2D eigenvalue weighted by Gasteiger charge is -2.40. The van der Waals surface area contributed by atoms with Crippen LogP contribution in [0.5, 0.6) is 11.5 Å². The fourth-order valence-corrected chi connectivity index (χ4v) is 10.2. The molecule has 0 saturated heterocycles. The smallest absolute Gasteiger partial charge is 0.270 e. The van der Waals surface area contributed by atoms with E-state index in [1.807, 2.05) is 61.8 Å². The lowest BCUT2D eigenvalue weighted by atomic mass is 9.92. The number of unbranched alkanes of at least 4 members (excludes halogenated alkanes) is 2. The highest BCUT2D eigenvalue weighted by molar-refractivity contribution is 6.06. The molecule has 7 rings (SSSR count). The zero-order chi connectivity index (χ0) is 47.2. The zero-order valence-corrected chi connectivity index (χ0v) is 41.4. The van der Waals surface area contributed by atoms with Gasteiger partial charge in [0.15, 0.2) is 11.2 Å². The molecule has 0 aromatic heterocycles. The first-order valence-electron chi connectivity index (χ1n) is 25.0. The minimum atomic E-state index is -0.962. The van der Waals surface area contributed by atoms with Crippen molar-refractivity contribution in [3.05, 3.63) is 46.5 Å². The molecule has 0 spiro atoms. The highest BCUT2D eigenvalue weighted by atomic mass is 16.5. The summed E-state index contributed by atoms with van der Waals surface area (Å²) in [5, 5.41) is 9.17. The fourth-order valence-electron chi connectivity index (χ4n) is 10.2. The van der Waals surface area contributed by atoms with Gasteiger partial charge >= 0.3 is 0 Å². The molecule has 4 amide bonds. The molecule has 3 fully saturated rings. The monoisotopic (exact) mass is 901 g/mol. The molecule has 3 saturated carbocycles. The highest BCUT2D eigenvalue weighted by Crippen LogP contribution is 2.42. The van der Waals surface area contributed by atoms with Crippen LogP contribution in [0, 0.1) is 13.8 Å². The van der Waals surface area contributed by atoms with Crippen LogP contribution in [0.2, 0.25) is 0 Å². The number of nitrogens with zero attached hydrogens (tertiary/aromatic N) is 4. The van der Waals surface area contributed by atoms with Crippen LogP contribution in [0.1, 0.15) is 190 Å². The molecule has 1 N–H and O–H groups in total. The maximum absolute atomic E-state index is 13.8. The molecule has 2 aromatic rings. The molecule has 5 aliphatic rings. The van der Waals surface area contributed by atoms with Crippen LogP contribution in [0.3, 0.4) is 0 Å². The van der Waals surface area contributed by atoms with Crippen LogP contribution in [0.4, 0.5) is 11.4 Å². The zero-order valence-electron chi connectivity index (χ0n) is 41.4. The number of rotatable bonds is 16. The number of carbonyl (C=O) groups excluding carboxylic acids is 4. The van der Waals surface area contributed by atoms with E-state index >= 15 is 0 Å². The summed E-state index contributed by atoms with van der Waals surface area (Å²) in [6.07, 6.45) is 17.3. The predicted molar refractivity (Wildman–Crippen MR) is 257 cm³/mol. The average molecular weight is 901 g/mol. The van der Waals surface area contributed by atoms with Gasteiger partial charge in [0.2, 0.25) is 0 Å². The van der Waals surface area contributed by atoms with E-state index < -0.39 is 11.2 Å². The van der Waals surface area contributed by atoms with Crippen LogP contribution >= 0.6 is 0 Å². The summed E-state index contributed by atoms with van der Waals surface area (Å²) >= 11 is 0. The standard InChI is InChI=1S/C28H42N2O4.C25H38N2O4/c1-19(2)30(21-11-7-6-8-12-21)26(31)23-18-24-25(17-20(23)3)34-28(4,5)27(32)29(24)15-9-10-16-33-22-13-14-22;1-17(2)27(19-11-7-6-8-12-19)23(29)20-16-21-22(15-18(20)3)31-25(4,5)24(30)26(21)13-9-10-14-28/h17-19,21-22H,6-16H2,1-5H3;15-17,19,28H,6-14H2,1-5H3. The molecular weight excluding hydrogens is 821 g/mol. The minimum Gasteiger partial charge on any atom is -0.476 e. The first kappa shape index (κ1) is 50.3. The number of hydrogen-bond acceptors (Lipinski definition) is 8. The number of aliphatic hydroxyl groups is 1. The second-order valence-electron chi connectivity index (χ2n) is 20.8. The molecule has 0 atom stereocenters. The number of ether oxygens (including phenoxy) is 3. The van der Waals surface area contributed by atoms with E-state index in [1.165, 1.54) is 51.4 Å². The number of hydrogen-bond donors (Lipinski definition) is 1. The fraction of sp³-hybridized carbons (Fsp3) is 0.698. The molecule has 0 bridgehead atoms. The molecule has 12 nitrogen and oxygen atoms in total. The Hall–Kier alpha value is -4.16. The second kappa shape index (κ2) is 21.6. The number of amides is 4. The van der Waals surface area contributed by atoms with E-state index in [1.54, 1.807) is 18.7 Å². The van der Waals surface area contributed by atoms with E-state index in [4.69, 9.17) is 14.2 Å². The van der Waals surface area contributed by atoms with E-state index in [9.17, 15) is 24.3 Å². The lowest BCUT2D eigenvalue weighted by Crippen LogP contribution is -2.53. The maximum atomic E-state index is 13.8. The van der Waals surface area contributed by atoms with Crippen LogP contribution < -0.4 is 19.3 Å². The van der Waals surface area contributed by atoms with Gasteiger partial charge in [0, 0.05) is 61.6 Å². The first-order chi connectivity index (χ1) is 30.9. The quantitative estimate of drug-likeness (QED) is 0.165. The Morgan fingerprint density at radius 2 is 1.05 bits per heavy atom. The first-order valence-corrected chi connectivity index (χ1v) is 25.0. The van der Waals surface area contributed by atoms with Crippen LogP contribution in [0.25, 0.3) is 0 Å². The van der Waals surface area contributed by atoms with E-state index in [0.717, 1.165) is 56.3 Å². The van der Waals surface area contributed by atoms with Gasteiger partial charge in [-0.25, -0.2) is 0 Å². The Morgan fingerprint density at radius 3 is 1.42 bits per heavy atom. The third-order valence-corrected chi connectivity index (χ3v) is 13.9. The minimum absolute atomic E-state index is 0.0368. The van der Waals surface area contributed by atoms with Crippen molar-refractivity contribution < 1.29 is 38.5 Å². The van der Waals surface area contributed by atoms with Crippen molar-refractivity contribution in [2.75, 3.05) is 36.1 Å². The van der Waals surface area contributed by atoms with Crippen LogP contribution in [0.15, 0.2) is 24.3 Å². The summed E-state index contributed by atoms with van der Waals surface area (Å²) in [7, 11) is 0. The van der Waals surface area contributed by atoms with Gasteiger partial charge in [-0.15, -0.1) is 0 Å². The molecule has 2 aromatic carbocycles. The van der Waals surface area contributed by atoms with Gasteiger partial charge in [-0.3, -0.25) is 19.2 Å². The third kappa shape index (κ3) is 11.9. The van der Waals surface area contributed by atoms with Crippen molar-refractivity contribution in [1.29, 1.82) is 0 Å². The Kier molecular flexibility index (Phi) is 16.7. The number of carbonyl (C=O) groups is 4. The molecular formula is C53H80N4O8. The predicted octanol–water partition coefficient (Wildman–Crippen LogP) is 10.1. The maximum Gasteiger partial charge on any atom is 0.270 e. The van der Waals surface area contributed by atoms with Gasteiger partial charge in [0.05, 0.1) is 17.5 Å². The van der Waals surface area contributed by atoms with Crippen molar-refractivity contribution >= 4 is 35.0 Å². The molecule has 2 heterocycles. The summed E-state index contributed by atoms with van der Waals surface area (Å²) in [5.41, 5.74) is 2.56. The van der Waals surface area contributed by atoms with Crippen LogP contribution in [-0.2, 0) is 14.3 Å². The molecule has 65 heavy (non-hydrogen) atoms. The Bertz CT molecular complexity index is 1990. The van der Waals surface area contributed by atoms with E-state index in [0.29, 0.717) is 66.0 Å². The molecule has 0 radical (unpaired) electrons. The van der Waals surface area contributed by atoms with Crippen molar-refractivity contribution in [3.8, 4) is 11.5 Å². The number of aliphatic hydroxyl groups excluding tert-OH is 1. The molecule has 12 heteroatoms. The Labute approximate surface area is 389 Å². The Balaban J connectivity index is 0.000000216. The molecule has 2 aliphatic heterocycles. The van der Waals surface area contributed by atoms with Gasteiger partial charge < -0.3 is 38.9 Å². The number of anilines is 2. The topological polar surface area (TPSA) is 129 Å². The van der Waals surface area contributed by atoms with Crippen molar-refractivity contribution in [2.24, 2.45) is 0 Å². The molecule has 0 unspecified atom stereocenters. The van der Waals surface area contributed by atoms with Gasteiger partial charge in [-0.1, -0.05) is 38.5 Å². The number of fused-ring (bicyclic) bond motifs is 2. The number of aryl methyl sites for hydroxylation is 2. The normalized spacial score (nSPS) is 19.5. The summed E-state index contributed by atoms with van der Waals surface area (Å²) in [5.74, 6) is 1.25. The van der Waals surface area contributed by atoms with Crippen molar-refractivity contribution in [3.63, 3.8) is 0 Å². The largest absolute Gasteiger partial charge is 0.476 e. The summed E-state index contributed by atoms with van der Waals surface area (Å²) in [6.45, 7) is 21.4. The average Bonchev–Trinajstić information content (AvgIpc) is 4.08. The summed E-state index contributed by atoms with van der Waals surface area (Å²) < 4.78 is 17.9. The number of benzene rings is 2. The van der Waals surface area contributed by atoms with Crippen molar-refractivity contribution in [1.82, 2.24) is 9.80 Å². The van der Waals surface area contributed by atoms with Gasteiger partial charge in [0.25, 0.3) is 23.6 Å². The summed E-state index contributed by atoms with van der Waals surface area (Å²) in [6, 6.07) is 8.39. The Morgan fingerprint density at radius 1 is 0.646 bits per heavy atom. The SMILES string of the molecule is Cc1cc2c(cc1C(=O)N(C(C)C)C1CCCCC1)N(CCCCO)C(=O)C(C)(C)O2.Cc1cc2c(cc1C(=O)N(C(C)C)C1CCCCC1)N(CCCCOC1CC1)C(=O)C(C)(C)O2. The van der Waals surface area contributed by atoms with E-state index in [-0.39, 0.29) is 54.4 Å². The van der Waals surface area contributed by atoms with Gasteiger partial charge in [-0.2, -0.15) is 0 Å². The third-order valence-electron chi connectivity index (χ3n) is 13.9. The van der Waals surface area contributed by atoms with Crippen molar-refractivity contribution in [2.45, 2.75) is 213 Å². The lowest BCUT2D eigenvalue weighted by molar-refractivity contribution is -0.133. The molecule has 360 valence electrons. The summed E-state index contributed by atoms with van der Waals surface area (Å²) in [4.78, 5) is 61.6.